The molecule has 0 saturated carbocycles. The molecule has 2 aliphatic rings. The minimum absolute atomic E-state index is 0.0165. The number of carbonyl (C=O) groups excluding carboxylic acids is 4. The topological polar surface area (TPSA) is 129 Å². The first-order valence-electron chi connectivity index (χ1n) is 14.5. The standard InChI is InChI=1S/C33H36FN5O5/c1-18-22(20-13-27(34)25(29(14-20)44-4)16-36-21-11-12-35-30(40)15-21)7-5-8-23(18)24-9-6-10-28(19(24)2)38-31(41)26-17-37-33(43)39(3)32(26)42/h5-10,13-14,21,26,36H,11-12,15-17H2,1-4H3,(H,35,40)(H,37,43)(H,38,41). The lowest BCUT2D eigenvalue weighted by Gasteiger charge is -2.28. The number of urea groups is 1. The Hall–Kier alpha value is -4.77. The van der Waals surface area contributed by atoms with Gasteiger partial charge in [-0.2, -0.15) is 0 Å². The molecule has 5 rings (SSSR count). The van der Waals surface area contributed by atoms with Crippen molar-refractivity contribution in [2.45, 2.75) is 39.3 Å². The van der Waals surface area contributed by atoms with Gasteiger partial charge in [0.2, 0.25) is 17.7 Å². The van der Waals surface area contributed by atoms with Crippen LogP contribution in [0.3, 0.4) is 0 Å². The average Bonchev–Trinajstić information content (AvgIpc) is 3.00. The van der Waals surface area contributed by atoms with E-state index in [9.17, 15) is 19.2 Å². The molecular formula is C33H36FN5O5. The summed E-state index contributed by atoms with van der Waals surface area (Å²) >= 11 is 0. The highest BCUT2D eigenvalue weighted by Crippen LogP contribution is 2.38. The van der Waals surface area contributed by atoms with E-state index in [4.69, 9.17) is 4.74 Å². The zero-order chi connectivity index (χ0) is 31.5. The van der Waals surface area contributed by atoms with Gasteiger partial charge in [0, 0.05) is 50.4 Å². The van der Waals surface area contributed by atoms with Crippen molar-refractivity contribution in [3.05, 3.63) is 71.0 Å². The first-order chi connectivity index (χ1) is 21.1. The Morgan fingerprint density at radius 1 is 1.02 bits per heavy atom. The molecule has 0 radical (unpaired) electrons. The van der Waals surface area contributed by atoms with Crippen LogP contribution in [0.25, 0.3) is 22.3 Å². The molecule has 2 aliphatic heterocycles. The van der Waals surface area contributed by atoms with Crippen LogP contribution in [0.2, 0.25) is 0 Å². The summed E-state index contributed by atoms with van der Waals surface area (Å²) in [5, 5.41) is 11.5. The fraction of sp³-hybridized carbons (Fsp3) is 0.333. The van der Waals surface area contributed by atoms with Crippen molar-refractivity contribution in [2.24, 2.45) is 5.92 Å². The van der Waals surface area contributed by atoms with Gasteiger partial charge in [0.25, 0.3) is 0 Å². The normalized spacial score (nSPS) is 18.5. The zero-order valence-corrected chi connectivity index (χ0v) is 25.2. The number of hydrogen-bond donors (Lipinski definition) is 4. The molecule has 11 heteroatoms. The summed E-state index contributed by atoms with van der Waals surface area (Å²) in [5.41, 5.74) is 5.90. The summed E-state index contributed by atoms with van der Waals surface area (Å²) in [7, 11) is 2.85. The molecule has 2 fully saturated rings. The van der Waals surface area contributed by atoms with E-state index in [1.807, 2.05) is 50.2 Å². The van der Waals surface area contributed by atoms with Gasteiger partial charge in [-0.15, -0.1) is 0 Å². The third-order valence-corrected chi connectivity index (χ3v) is 8.42. The van der Waals surface area contributed by atoms with Gasteiger partial charge < -0.3 is 26.0 Å². The van der Waals surface area contributed by atoms with Crippen LogP contribution in [0.5, 0.6) is 5.75 Å². The molecule has 2 saturated heterocycles. The first kappa shape index (κ1) is 30.7. The van der Waals surface area contributed by atoms with Gasteiger partial charge in [-0.25, -0.2) is 9.18 Å². The number of benzene rings is 3. The number of hydrogen-bond acceptors (Lipinski definition) is 6. The third-order valence-electron chi connectivity index (χ3n) is 8.42. The van der Waals surface area contributed by atoms with Gasteiger partial charge >= 0.3 is 6.03 Å². The predicted molar refractivity (Wildman–Crippen MR) is 164 cm³/mol. The van der Waals surface area contributed by atoms with Gasteiger partial charge in [0.05, 0.1) is 7.11 Å². The maximum Gasteiger partial charge on any atom is 0.323 e. The van der Waals surface area contributed by atoms with E-state index >= 15 is 4.39 Å². The fourth-order valence-electron chi connectivity index (χ4n) is 5.78. The lowest BCUT2D eigenvalue weighted by atomic mass is 9.90. The average molecular weight is 602 g/mol. The molecule has 0 aliphatic carbocycles. The number of methoxy groups -OCH3 is 1. The van der Waals surface area contributed by atoms with Crippen LogP contribution >= 0.6 is 0 Å². The van der Waals surface area contributed by atoms with Crippen molar-refractivity contribution in [3.63, 3.8) is 0 Å². The van der Waals surface area contributed by atoms with Crippen LogP contribution < -0.4 is 26.0 Å². The summed E-state index contributed by atoms with van der Waals surface area (Å²) in [6, 6.07) is 14.1. The Morgan fingerprint density at radius 3 is 2.45 bits per heavy atom. The van der Waals surface area contributed by atoms with Crippen molar-refractivity contribution >= 4 is 29.4 Å². The number of ether oxygens (including phenoxy) is 1. The number of nitrogens with one attached hydrogen (secondary N) is 4. The number of halogens is 1. The highest BCUT2D eigenvalue weighted by Gasteiger charge is 2.36. The molecular weight excluding hydrogens is 565 g/mol. The molecule has 2 heterocycles. The van der Waals surface area contributed by atoms with Gasteiger partial charge in [0.15, 0.2) is 0 Å². The maximum absolute atomic E-state index is 15.5. The van der Waals surface area contributed by atoms with Crippen LogP contribution in [-0.4, -0.2) is 61.9 Å². The lowest BCUT2D eigenvalue weighted by molar-refractivity contribution is -0.138. The molecule has 2 unspecified atom stereocenters. The van der Waals surface area contributed by atoms with Crippen molar-refractivity contribution in [3.8, 4) is 28.0 Å². The van der Waals surface area contributed by atoms with Crippen molar-refractivity contribution in [1.82, 2.24) is 20.9 Å². The van der Waals surface area contributed by atoms with E-state index in [1.54, 1.807) is 6.07 Å². The second-order valence-electron chi connectivity index (χ2n) is 11.1. The molecule has 0 aromatic heterocycles. The predicted octanol–water partition coefficient (Wildman–Crippen LogP) is 3.89. The van der Waals surface area contributed by atoms with E-state index in [2.05, 4.69) is 21.3 Å². The smallest absolute Gasteiger partial charge is 0.323 e. The van der Waals surface area contributed by atoms with E-state index in [1.165, 1.54) is 20.2 Å². The molecule has 0 spiro atoms. The number of nitrogens with zero attached hydrogens (tertiary/aromatic N) is 1. The van der Waals surface area contributed by atoms with Crippen molar-refractivity contribution in [1.29, 1.82) is 0 Å². The van der Waals surface area contributed by atoms with Gasteiger partial charge in [0.1, 0.15) is 17.5 Å². The number of anilines is 1. The monoisotopic (exact) mass is 601 g/mol. The molecule has 10 nitrogen and oxygen atoms in total. The molecule has 2 atom stereocenters. The van der Waals surface area contributed by atoms with E-state index in [0.29, 0.717) is 35.5 Å². The molecule has 3 aromatic carbocycles. The number of amides is 5. The molecule has 4 N–H and O–H groups in total. The summed E-state index contributed by atoms with van der Waals surface area (Å²) < 4.78 is 21.1. The number of piperidine rings is 1. The quantitative estimate of drug-likeness (QED) is 0.290. The Balaban J connectivity index is 1.40. The lowest BCUT2D eigenvalue weighted by Crippen LogP contribution is -2.56. The molecule has 0 bridgehead atoms. The highest BCUT2D eigenvalue weighted by atomic mass is 19.1. The van der Waals surface area contributed by atoms with Crippen molar-refractivity contribution in [2.75, 3.05) is 32.6 Å². The Bertz CT molecular complexity index is 1640. The molecule has 3 aromatic rings. The van der Waals surface area contributed by atoms with Crippen LogP contribution in [0.4, 0.5) is 14.9 Å². The Labute approximate surface area is 255 Å². The van der Waals surface area contributed by atoms with Gasteiger partial charge in [-0.1, -0.05) is 30.3 Å². The fourth-order valence-corrected chi connectivity index (χ4v) is 5.78. The molecule has 44 heavy (non-hydrogen) atoms. The maximum atomic E-state index is 15.5. The Kier molecular flexibility index (Phi) is 8.96. The van der Waals surface area contributed by atoms with Crippen LogP contribution in [0.1, 0.15) is 29.5 Å². The van der Waals surface area contributed by atoms with Gasteiger partial charge in [-0.3, -0.25) is 19.3 Å². The number of rotatable bonds is 8. The number of carbonyl (C=O) groups is 4. The summed E-state index contributed by atoms with van der Waals surface area (Å²) in [5.74, 6) is -2.10. The van der Waals surface area contributed by atoms with E-state index in [-0.39, 0.29) is 25.0 Å². The number of imide groups is 1. The van der Waals surface area contributed by atoms with Crippen molar-refractivity contribution < 1.29 is 28.3 Å². The van der Waals surface area contributed by atoms with Crippen LogP contribution in [-0.2, 0) is 20.9 Å². The van der Waals surface area contributed by atoms with E-state index < -0.39 is 29.6 Å². The van der Waals surface area contributed by atoms with E-state index in [0.717, 1.165) is 39.1 Å². The first-order valence-corrected chi connectivity index (χ1v) is 14.5. The SMILES string of the molecule is COc1cc(-c2cccc(-c3cccc(NC(=O)C4CNC(=O)N(C)C4=O)c3C)c2C)cc(F)c1CNC1CCNC(=O)C1. The highest BCUT2D eigenvalue weighted by molar-refractivity contribution is 6.12. The second kappa shape index (κ2) is 12.8. The third kappa shape index (κ3) is 6.14. The summed E-state index contributed by atoms with van der Waals surface area (Å²) in [6.45, 7) is 4.60. The molecule has 230 valence electrons. The minimum Gasteiger partial charge on any atom is -0.496 e. The largest absolute Gasteiger partial charge is 0.496 e. The van der Waals surface area contributed by atoms with Crippen LogP contribution in [0.15, 0.2) is 48.5 Å². The zero-order valence-electron chi connectivity index (χ0n) is 25.2. The summed E-state index contributed by atoms with van der Waals surface area (Å²) in [6.07, 6.45) is 1.13. The minimum atomic E-state index is -1.03. The molecule has 5 amide bonds. The summed E-state index contributed by atoms with van der Waals surface area (Å²) in [4.78, 5) is 49.9. The van der Waals surface area contributed by atoms with Gasteiger partial charge in [-0.05, 0) is 71.8 Å². The Morgan fingerprint density at radius 2 is 1.73 bits per heavy atom. The second-order valence-corrected chi connectivity index (χ2v) is 11.1. The van der Waals surface area contributed by atoms with Crippen LogP contribution in [0, 0.1) is 25.6 Å².